The van der Waals surface area contributed by atoms with E-state index in [-0.39, 0.29) is 42.2 Å². The summed E-state index contributed by atoms with van der Waals surface area (Å²) < 4.78 is 5.39. The second-order valence-electron chi connectivity index (χ2n) is 4.39. The number of carbonyl (C=O) groups excluding carboxylic acids is 1. The number of ether oxygens (including phenoxy) is 1. The van der Waals surface area contributed by atoms with Gasteiger partial charge in [-0.15, -0.1) is 12.4 Å². The predicted molar refractivity (Wildman–Crippen MR) is 78.1 cm³/mol. The van der Waals surface area contributed by atoms with Crippen LogP contribution in [0.15, 0.2) is 23.4 Å². The van der Waals surface area contributed by atoms with Gasteiger partial charge in [-0.1, -0.05) is 5.11 Å². The molecule has 2 rings (SSSR count). The van der Waals surface area contributed by atoms with Crippen LogP contribution in [0, 0.1) is 0 Å². The number of rotatable bonds is 4. The number of carbonyl (C=O) groups is 2. The van der Waals surface area contributed by atoms with Crippen molar-refractivity contribution in [2.75, 3.05) is 26.2 Å². The number of pyridine rings is 1. The minimum Gasteiger partial charge on any atom is -0.478 e. The van der Waals surface area contributed by atoms with Gasteiger partial charge in [0, 0.05) is 24.2 Å². The summed E-state index contributed by atoms with van der Waals surface area (Å²) in [6.45, 7) is 1.23. The maximum absolute atomic E-state index is 12.3. The third-order valence-electron chi connectivity index (χ3n) is 3.00. The molecule has 1 aliphatic heterocycles. The first kappa shape index (κ1) is 17.7. The molecule has 1 fully saturated rings. The second-order valence-corrected chi connectivity index (χ2v) is 4.39. The largest absolute Gasteiger partial charge is 0.478 e. The molecule has 118 valence electrons. The van der Waals surface area contributed by atoms with E-state index in [1.165, 1.54) is 12.1 Å². The van der Waals surface area contributed by atoms with Gasteiger partial charge in [0.15, 0.2) is 0 Å². The number of aromatic carboxylic acids is 1. The highest BCUT2D eigenvalue weighted by Gasteiger charge is 2.25. The molecule has 1 unspecified atom stereocenters. The van der Waals surface area contributed by atoms with Gasteiger partial charge in [-0.25, -0.2) is 4.79 Å². The Morgan fingerprint density at radius 3 is 2.91 bits per heavy atom. The molecule has 1 N–H and O–H groups in total. The van der Waals surface area contributed by atoms with Gasteiger partial charge in [-0.05, 0) is 17.7 Å². The molecule has 0 radical (unpaired) electrons. The third-order valence-corrected chi connectivity index (χ3v) is 3.00. The molecule has 1 aromatic heterocycles. The fraction of sp³-hybridized carbons (Fsp3) is 0.417. The third kappa shape index (κ3) is 4.32. The van der Waals surface area contributed by atoms with Gasteiger partial charge in [0.05, 0.1) is 24.8 Å². The molecule has 2 heterocycles. The smallest absolute Gasteiger partial charge is 0.337 e. The van der Waals surface area contributed by atoms with Crippen molar-refractivity contribution in [1.82, 2.24) is 9.88 Å². The standard InChI is InChI=1S/C12H13N5O4.ClH/c13-16-15-6-9-7-17(3-4-21-9)11(18)10-2-1-8(5-14-10)12(19)20;/h1-2,5,9H,3-4,6-7H2,(H,19,20);1H. The lowest BCUT2D eigenvalue weighted by atomic mass is 10.2. The Morgan fingerprint density at radius 2 is 2.32 bits per heavy atom. The van der Waals surface area contributed by atoms with E-state index in [4.69, 9.17) is 15.4 Å². The predicted octanol–water partition coefficient (Wildman–Crippen LogP) is 1.35. The van der Waals surface area contributed by atoms with Crippen LogP contribution >= 0.6 is 12.4 Å². The van der Waals surface area contributed by atoms with Crippen LogP contribution in [0.5, 0.6) is 0 Å². The van der Waals surface area contributed by atoms with E-state index in [0.717, 1.165) is 6.20 Å². The van der Waals surface area contributed by atoms with Crippen LogP contribution in [0.1, 0.15) is 20.8 Å². The molecule has 0 aromatic carbocycles. The van der Waals surface area contributed by atoms with Crippen molar-refractivity contribution in [1.29, 1.82) is 0 Å². The molecular weight excluding hydrogens is 314 g/mol. The zero-order valence-corrected chi connectivity index (χ0v) is 12.3. The molecule has 9 nitrogen and oxygen atoms in total. The highest BCUT2D eigenvalue weighted by Crippen LogP contribution is 2.10. The quantitative estimate of drug-likeness (QED) is 0.507. The zero-order valence-electron chi connectivity index (χ0n) is 11.5. The minimum absolute atomic E-state index is 0. The van der Waals surface area contributed by atoms with Gasteiger partial charge in [-0.2, -0.15) is 0 Å². The Bertz CT molecular complexity index is 588. The van der Waals surface area contributed by atoms with E-state index in [2.05, 4.69) is 15.0 Å². The normalized spacial score (nSPS) is 17.1. The number of azide groups is 1. The number of hydrogen-bond donors (Lipinski definition) is 1. The summed E-state index contributed by atoms with van der Waals surface area (Å²) in [4.78, 5) is 31.1. The molecule has 0 spiro atoms. The summed E-state index contributed by atoms with van der Waals surface area (Å²) in [6, 6.07) is 2.71. The van der Waals surface area contributed by atoms with Crippen LogP contribution in [-0.4, -0.2) is 59.2 Å². The van der Waals surface area contributed by atoms with E-state index >= 15 is 0 Å². The van der Waals surface area contributed by atoms with Gasteiger partial charge in [0.1, 0.15) is 5.69 Å². The number of amides is 1. The fourth-order valence-corrected chi connectivity index (χ4v) is 1.95. The van der Waals surface area contributed by atoms with Crippen LogP contribution in [0.3, 0.4) is 0 Å². The topological polar surface area (TPSA) is 128 Å². The van der Waals surface area contributed by atoms with Gasteiger partial charge in [0.25, 0.3) is 5.91 Å². The van der Waals surface area contributed by atoms with Crippen LogP contribution in [-0.2, 0) is 4.74 Å². The highest BCUT2D eigenvalue weighted by molar-refractivity contribution is 5.93. The lowest BCUT2D eigenvalue weighted by Gasteiger charge is -2.32. The summed E-state index contributed by atoms with van der Waals surface area (Å²) in [7, 11) is 0. The molecule has 0 bridgehead atoms. The first-order valence-corrected chi connectivity index (χ1v) is 6.23. The van der Waals surface area contributed by atoms with Gasteiger partial charge in [-0.3, -0.25) is 9.78 Å². The number of hydrogen-bond acceptors (Lipinski definition) is 5. The first-order valence-electron chi connectivity index (χ1n) is 6.23. The van der Waals surface area contributed by atoms with Crippen LogP contribution in [0.25, 0.3) is 10.4 Å². The Labute approximate surface area is 131 Å². The molecule has 1 atom stereocenters. The van der Waals surface area contributed by atoms with Crippen molar-refractivity contribution in [3.8, 4) is 0 Å². The monoisotopic (exact) mass is 327 g/mol. The number of halogens is 1. The Hall–Kier alpha value is -2.35. The van der Waals surface area contributed by atoms with Crippen molar-refractivity contribution < 1.29 is 19.4 Å². The molecular formula is C12H14ClN5O4. The zero-order chi connectivity index (χ0) is 15.2. The lowest BCUT2D eigenvalue weighted by molar-refractivity contribution is -0.0169. The molecule has 0 aliphatic carbocycles. The van der Waals surface area contributed by atoms with E-state index in [1.807, 2.05) is 0 Å². The first-order chi connectivity index (χ1) is 10.1. The van der Waals surface area contributed by atoms with E-state index in [9.17, 15) is 9.59 Å². The van der Waals surface area contributed by atoms with Crippen LogP contribution < -0.4 is 0 Å². The highest BCUT2D eigenvalue weighted by atomic mass is 35.5. The van der Waals surface area contributed by atoms with Crippen LogP contribution in [0.4, 0.5) is 0 Å². The summed E-state index contributed by atoms with van der Waals surface area (Å²) in [5.41, 5.74) is 8.48. The summed E-state index contributed by atoms with van der Waals surface area (Å²) in [5, 5.41) is 12.2. The van der Waals surface area contributed by atoms with Crippen LogP contribution in [0.2, 0.25) is 0 Å². The Kier molecular flexibility index (Phi) is 6.58. The average molecular weight is 328 g/mol. The average Bonchev–Trinajstić information content (AvgIpc) is 2.52. The van der Waals surface area contributed by atoms with Gasteiger partial charge in [0.2, 0.25) is 0 Å². The van der Waals surface area contributed by atoms with Gasteiger partial charge < -0.3 is 14.7 Å². The number of carboxylic acid groups (broad SMARTS) is 1. The summed E-state index contributed by atoms with van der Waals surface area (Å²) in [5.74, 6) is -1.40. The van der Waals surface area contributed by atoms with Crippen molar-refractivity contribution in [3.63, 3.8) is 0 Å². The van der Waals surface area contributed by atoms with Crippen molar-refractivity contribution in [3.05, 3.63) is 40.0 Å². The summed E-state index contributed by atoms with van der Waals surface area (Å²) in [6.07, 6.45) is 0.810. The number of carboxylic acids is 1. The second kappa shape index (κ2) is 8.18. The minimum atomic E-state index is -1.10. The molecule has 1 amide bonds. The lowest BCUT2D eigenvalue weighted by Crippen LogP contribution is -2.46. The number of aromatic nitrogens is 1. The SMILES string of the molecule is Cl.[N-]=[N+]=NCC1CN(C(=O)c2ccc(C(=O)O)cn2)CCO1. The van der Waals surface area contributed by atoms with Crippen molar-refractivity contribution in [2.45, 2.75) is 6.10 Å². The molecule has 1 aromatic rings. The molecule has 10 heteroatoms. The maximum Gasteiger partial charge on any atom is 0.337 e. The van der Waals surface area contributed by atoms with E-state index in [1.54, 1.807) is 4.90 Å². The number of nitrogens with zero attached hydrogens (tertiary/aromatic N) is 5. The molecule has 1 saturated heterocycles. The van der Waals surface area contributed by atoms with Gasteiger partial charge >= 0.3 is 5.97 Å². The van der Waals surface area contributed by atoms with Crippen molar-refractivity contribution in [2.24, 2.45) is 5.11 Å². The molecule has 0 saturated carbocycles. The summed E-state index contributed by atoms with van der Waals surface area (Å²) >= 11 is 0. The Balaban J connectivity index is 0.00000242. The van der Waals surface area contributed by atoms with E-state index in [0.29, 0.717) is 19.7 Å². The molecule has 1 aliphatic rings. The maximum atomic E-state index is 12.3. The Morgan fingerprint density at radius 1 is 1.55 bits per heavy atom. The van der Waals surface area contributed by atoms with Crippen molar-refractivity contribution >= 4 is 24.3 Å². The fourth-order valence-electron chi connectivity index (χ4n) is 1.95. The number of morpholine rings is 1. The van der Waals surface area contributed by atoms with E-state index < -0.39 is 5.97 Å². The molecule has 22 heavy (non-hydrogen) atoms.